The van der Waals surface area contributed by atoms with E-state index < -0.39 is 23.6 Å². The standard InChI is InChI=1S/C29H47ClFN3O4/c1-38-18-6-5-16-29(37,23-12-7-13-24(30)27(23)31)22-11-8-17-34(20-22)28(36)33-25(26(35)19-32)15-14-21-9-3-2-4-10-21/h7,12-13,21-22,25-26,35,37H,2-6,8-11,14-20,32H2,1H3,(H,33,36)/t22-,25+,26+,29+/m1/s1. The van der Waals surface area contributed by atoms with Crippen molar-refractivity contribution in [2.45, 2.75) is 94.8 Å². The third-order valence-electron chi connectivity index (χ3n) is 8.58. The number of rotatable bonds is 13. The van der Waals surface area contributed by atoms with Crippen LogP contribution in [-0.4, -0.2) is 66.6 Å². The molecule has 0 spiro atoms. The molecule has 3 rings (SSSR count). The number of carbonyl (C=O) groups is 1. The van der Waals surface area contributed by atoms with Gasteiger partial charge in [0, 0.05) is 44.8 Å². The van der Waals surface area contributed by atoms with Crippen molar-refractivity contribution in [1.29, 1.82) is 0 Å². The Morgan fingerprint density at radius 1 is 1.26 bits per heavy atom. The highest BCUT2D eigenvalue weighted by molar-refractivity contribution is 6.30. The number of unbranched alkanes of at least 4 members (excludes halogenated alkanes) is 1. The Labute approximate surface area is 232 Å². The third-order valence-corrected chi connectivity index (χ3v) is 8.88. The lowest BCUT2D eigenvalue weighted by molar-refractivity contribution is -0.0589. The second-order valence-corrected chi connectivity index (χ2v) is 11.6. The van der Waals surface area contributed by atoms with Crippen molar-refractivity contribution < 1.29 is 24.1 Å². The topological polar surface area (TPSA) is 108 Å². The van der Waals surface area contributed by atoms with Gasteiger partial charge in [-0.25, -0.2) is 9.18 Å². The van der Waals surface area contributed by atoms with Gasteiger partial charge in [-0.1, -0.05) is 55.8 Å². The second-order valence-electron chi connectivity index (χ2n) is 11.2. The van der Waals surface area contributed by atoms with Crippen LogP contribution in [0, 0.1) is 17.7 Å². The number of ether oxygens (including phenoxy) is 1. The molecule has 38 heavy (non-hydrogen) atoms. The van der Waals surface area contributed by atoms with Crippen LogP contribution in [0.5, 0.6) is 0 Å². The number of aliphatic hydroxyl groups is 2. The zero-order valence-corrected chi connectivity index (χ0v) is 23.6. The Morgan fingerprint density at radius 2 is 2.03 bits per heavy atom. The number of hydrogen-bond acceptors (Lipinski definition) is 5. The zero-order chi connectivity index (χ0) is 27.5. The molecule has 1 heterocycles. The molecule has 2 amide bonds. The Kier molecular flexibility index (Phi) is 12.6. The number of carbonyl (C=O) groups excluding carboxylic acids is 1. The molecule has 0 bridgehead atoms. The van der Waals surface area contributed by atoms with Crippen molar-refractivity contribution in [3.63, 3.8) is 0 Å². The first kappa shape index (κ1) is 31.1. The van der Waals surface area contributed by atoms with Crippen molar-refractivity contribution in [3.05, 3.63) is 34.6 Å². The van der Waals surface area contributed by atoms with Crippen LogP contribution < -0.4 is 11.1 Å². The lowest BCUT2D eigenvalue weighted by atomic mass is 9.74. The summed E-state index contributed by atoms with van der Waals surface area (Å²) in [6, 6.07) is 4.02. The summed E-state index contributed by atoms with van der Waals surface area (Å²) in [6.07, 6.45) is 10.1. The molecule has 1 aromatic rings. The maximum Gasteiger partial charge on any atom is 0.317 e. The van der Waals surface area contributed by atoms with Crippen molar-refractivity contribution in [1.82, 2.24) is 10.2 Å². The van der Waals surface area contributed by atoms with E-state index >= 15 is 4.39 Å². The van der Waals surface area contributed by atoms with E-state index in [1.165, 1.54) is 38.2 Å². The number of halogens is 2. The molecule has 1 aliphatic carbocycles. The summed E-state index contributed by atoms with van der Waals surface area (Å²) in [6.45, 7) is 1.45. The molecule has 4 atom stereocenters. The van der Waals surface area contributed by atoms with E-state index in [0.717, 1.165) is 12.8 Å². The van der Waals surface area contributed by atoms with Gasteiger partial charge in [0.05, 0.1) is 22.8 Å². The van der Waals surface area contributed by atoms with Gasteiger partial charge in [0.25, 0.3) is 0 Å². The molecule has 7 nitrogen and oxygen atoms in total. The van der Waals surface area contributed by atoms with Gasteiger partial charge < -0.3 is 30.9 Å². The SMILES string of the molecule is COCCCC[C@@](O)(c1cccc(Cl)c1F)[C@@H]1CCCN(C(=O)N[C@@H](CCC2CCCCC2)[C@@H](O)CN)C1. The number of hydrogen-bond donors (Lipinski definition) is 4. The van der Waals surface area contributed by atoms with Crippen molar-refractivity contribution in [2.24, 2.45) is 17.6 Å². The molecular weight excluding hydrogens is 509 g/mol. The van der Waals surface area contributed by atoms with Crippen LogP contribution in [0.15, 0.2) is 18.2 Å². The highest BCUT2D eigenvalue weighted by Crippen LogP contribution is 2.42. The van der Waals surface area contributed by atoms with Crippen LogP contribution in [0.1, 0.15) is 82.6 Å². The summed E-state index contributed by atoms with van der Waals surface area (Å²) >= 11 is 6.09. The molecule has 216 valence electrons. The van der Waals surface area contributed by atoms with Gasteiger partial charge in [-0.05, 0) is 56.9 Å². The maximum absolute atomic E-state index is 15.2. The summed E-state index contributed by atoms with van der Waals surface area (Å²) in [5.74, 6) is -0.343. The Morgan fingerprint density at radius 3 is 2.74 bits per heavy atom. The van der Waals surface area contributed by atoms with Crippen LogP contribution in [0.3, 0.4) is 0 Å². The van der Waals surface area contributed by atoms with E-state index in [1.54, 1.807) is 24.1 Å². The van der Waals surface area contributed by atoms with E-state index in [4.69, 9.17) is 22.1 Å². The number of nitrogens with two attached hydrogens (primary N) is 1. The quantitative estimate of drug-likeness (QED) is 0.257. The minimum Gasteiger partial charge on any atom is -0.390 e. The molecule has 1 saturated heterocycles. The van der Waals surface area contributed by atoms with Crippen LogP contribution in [0.4, 0.5) is 9.18 Å². The fourth-order valence-corrected chi connectivity index (χ4v) is 6.43. The monoisotopic (exact) mass is 555 g/mol. The summed E-state index contributed by atoms with van der Waals surface area (Å²) in [7, 11) is 1.63. The first-order valence-corrected chi connectivity index (χ1v) is 14.8. The van der Waals surface area contributed by atoms with Gasteiger partial charge in [-0.15, -0.1) is 0 Å². The summed E-state index contributed by atoms with van der Waals surface area (Å²) in [5, 5.41) is 25.6. The van der Waals surface area contributed by atoms with Gasteiger partial charge >= 0.3 is 6.03 Å². The lowest BCUT2D eigenvalue weighted by Gasteiger charge is -2.43. The normalized spacial score (nSPS) is 22.1. The average Bonchev–Trinajstić information content (AvgIpc) is 2.94. The van der Waals surface area contributed by atoms with Crippen LogP contribution >= 0.6 is 11.6 Å². The first-order chi connectivity index (χ1) is 18.3. The van der Waals surface area contributed by atoms with E-state index in [0.29, 0.717) is 51.2 Å². The predicted molar refractivity (Wildman–Crippen MR) is 149 cm³/mol. The molecule has 5 N–H and O–H groups in total. The lowest BCUT2D eigenvalue weighted by Crippen LogP contribution is -2.55. The predicted octanol–water partition coefficient (Wildman–Crippen LogP) is 4.95. The van der Waals surface area contributed by atoms with Crippen molar-refractivity contribution >= 4 is 17.6 Å². The number of nitrogens with one attached hydrogen (secondary N) is 1. The first-order valence-electron chi connectivity index (χ1n) is 14.4. The second kappa shape index (κ2) is 15.4. The summed E-state index contributed by atoms with van der Waals surface area (Å²) in [5.41, 5.74) is 4.48. The molecule has 2 aliphatic rings. The van der Waals surface area contributed by atoms with E-state index in [-0.39, 0.29) is 35.6 Å². The highest BCUT2D eigenvalue weighted by atomic mass is 35.5. The molecule has 2 fully saturated rings. The Balaban J connectivity index is 1.71. The number of benzene rings is 1. The van der Waals surface area contributed by atoms with Gasteiger partial charge in [0.2, 0.25) is 0 Å². The smallest absolute Gasteiger partial charge is 0.317 e. The zero-order valence-electron chi connectivity index (χ0n) is 22.8. The third kappa shape index (κ3) is 8.28. The number of likely N-dealkylation sites (tertiary alicyclic amines) is 1. The molecule has 0 aromatic heterocycles. The molecule has 1 aromatic carbocycles. The molecule has 1 saturated carbocycles. The molecule has 9 heteroatoms. The largest absolute Gasteiger partial charge is 0.390 e. The van der Waals surface area contributed by atoms with Gasteiger partial charge in [0.1, 0.15) is 5.82 Å². The summed E-state index contributed by atoms with van der Waals surface area (Å²) in [4.78, 5) is 15.1. The molecule has 0 unspecified atom stereocenters. The van der Waals surface area contributed by atoms with Gasteiger partial charge in [-0.2, -0.15) is 0 Å². The Hall–Kier alpha value is -1.45. The van der Waals surface area contributed by atoms with Crippen molar-refractivity contribution in [2.75, 3.05) is 33.4 Å². The number of piperidine rings is 1. The molecule has 1 aliphatic heterocycles. The minimum atomic E-state index is -1.47. The number of aliphatic hydroxyl groups excluding tert-OH is 1. The van der Waals surface area contributed by atoms with E-state index in [1.807, 2.05) is 0 Å². The van der Waals surface area contributed by atoms with E-state index in [2.05, 4.69) is 5.32 Å². The van der Waals surface area contributed by atoms with Crippen LogP contribution in [0.2, 0.25) is 5.02 Å². The molecule has 0 radical (unpaired) electrons. The maximum atomic E-state index is 15.2. The van der Waals surface area contributed by atoms with Gasteiger partial charge in [0.15, 0.2) is 0 Å². The number of nitrogens with zero attached hydrogens (tertiary/aromatic N) is 1. The van der Waals surface area contributed by atoms with Crippen LogP contribution in [-0.2, 0) is 10.3 Å². The minimum absolute atomic E-state index is 0.0280. The Bertz CT molecular complexity index is 872. The van der Waals surface area contributed by atoms with Crippen LogP contribution in [0.25, 0.3) is 0 Å². The fraction of sp³-hybridized carbons (Fsp3) is 0.759. The van der Waals surface area contributed by atoms with Gasteiger partial charge in [-0.3, -0.25) is 0 Å². The number of amides is 2. The molecular formula is C29H47ClFN3O4. The average molecular weight is 556 g/mol. The highest BCUT2D eigenvalue weighted by Gasteiger charge is 2.43. The fourth-order valence-electron chi connectivity index (χ4n) is 6.26. The number of methoxy groups -OCH3 is 1. The van der Waals surface area contributed by atoms with E-state index in [9.17, 15) is 15.0 Å². The summed E-state index contributed by atoms with van der Waals surface area (Å²) < 4.78 is 20.3. The van der Waals surface area contributed by atoms with Crippen molar-refractivity contribution in [3.8, 4) is 0 Å². The number of urea groups is 1.